The maximum absolute atomic E-state index is 12.2. The van der Waals surface area contributed by atoms with Crippen molar-refractivity contribution in [1.82, 2.24) is 15.2 Å². The van der Waals surface area contributed by atoms with Crippen LogP contribution in [-0.2, 0) is 4.79 Å². The average molecular weight is 312 g/mol. The smallest absolute Gasteiger partial charge is 0.256 e. The predicted octanol–water partition coefficient (Wildman–Crippen LogP) is 3.21. The number of rotatable bonds is 4. The molecule has 1 aromatic carbocycles. The second-order valence-corrected chi connectivity index (χ2v) is 6.12. The lowest BCUT2D eigenvalue weighted by Gasteiger charge is -2.10. The molecule has 6 nitrogen and oxygen atoms in total. The van der Waals surface area contributed by atoms with Gasteiger partial charge in [-0.2, -0.15) is 5.10 Å². The zero-order valence-corrected chi connectivity index (χ0v) is 13.7. The Bertz CT molecular complexity index is 775. The summed E-state index contributed by atoms with van der Waals surface area (Å²) in [5.41, 5.74) is 2.13. The molecule has 2 heterocycles. The molecule has 3 rings (SSSR count). The number of hydrogen-bond acceptors (Lipinski definition) is 4. The highest BCUT2D eigenvalue weighted by Gasteiger charge is 2.25. The van der Waals surface area contributed by atoms with Gasteiger partial charge in [0.05, 0.1) is 11.7 Å². The predicted molar refractivity (Wildman–Crippen MR) is 89.2 cm³/mol. The molecule has 2 N–H and O–H groups in total. The van der Waals surface area contributed by atoms with E-state index in [1.165, 1.54) is 0 Å². The molecule has 0 bridgehead atoms. The highest BCUT2D eigenvalue weighted by Crippen LogP contribution is 2.35. The molecule has 1 amide bonds. The van der Waals surface area contributed by atoms with Gasteiger partial charge >= 0.3 is 0 Å². The number of nitrogens with zero attached hydrogens (tertiary/aromatic N) is 2. The topological polar surface area (TPSA) is 79.9 Å². The van der Waals surface area contributed by atoms with Crippen LogP contribution in [0.4, 0.5) is 5.69 Å². The molecule has 1 aliphatic heterocycles. The standard InChI is InChI=1S/C17H20N4O2/c1-9(2)16-19-15(20-21-16)8-13-12-7-11(23-10(3)4)5-6-14(12)18-17(13)22/h5-10H,1-4H3,(H,18,22)(H,19,20,21)/b13-8-. The lowest BCUT2D eigenvalue weighted by atomic mass is 10.1. The minimum atomic E-state index is -0.155. The van der Waals surface area contributed by atoms with Gasteiger partial charge in [-0.05, 0) is 38.1 Å². The van der Waals surface area contributed by atoms with Crippen LogP contribution in [0.1, 0.15) is 50.8 Å². The maximum Gasteiger partial charge on any atom is 0.256 e. The molecule has 1 aromatic heterocycles. The van der Waals surface area contributed by atoms with Gasteiger partial charge in [-0.1, -0.05) is 13.8 Å². The molecule has 0 spiro atoms. The number of benzene rings is 1. The van der Waals surface area contributed by atoms with Gasteiger partial charge in [-0.3, -0.25) is 9.89 Å². The molecule has 0 saturated carbocycles. The van der Waals surface area contributed by atoms with E-state index < -0.39 is 0 Å². The molecular weight excluding hydrogens is 292 g/mol. The third kappa shape index (κ3) is 3.11. The number of aromatic nitrogens is 3. The third-order valence-corrected chi connectivity index (χ3v) is 3.49. The van der Waals surface area contributed by atoms with E-state index in [1.807, 2.05) is 45.9 Å². The summed E-state index contributed by atoms with van der Waals surface area (Å²) in [7, 11) is 0. The number of hydrogen-bond donors (Lipinski definition) is 2. The molecule has 6 heteroatoms. The van der Waals surface area contributed by atoms with Crippen LogP contribution in [0.2, 0.25) is 0 Å². The van der Waals surface area contributed by atoms with Crippen LogP contribution in [0, 0.1) is 0 Å². The Morgan fingerprint density at radius 2 is 2.00 bits per heavy atom. The van der Waals surface area contributed by atoms with E-state index in [-0.39, 0.29) is 17.9 Å². The second-order valence-electron chi connectivity index (χ2n) is 6.12. The second kappa shape index (κ2) is 5.87. The number of ether oxygens (including phenoxy) is 1. The minimum Gasteiger partial charge on any atom is -0.491 e. The summed E-state index contributed by atoms with van der Waals surface area (Å²) in [5.74, 6) is 2.14. The number of anilines is 1. The number of fused-ring (bicyclic) bond motifs is 1. The van der Waals surface area contributed by atoms with E-state index in [4.69, 9.17) is 4.74 Å². The number of carbonyl (C=O) groups is 1. The SMILES string of the molecule is CC(C)Oc1ccc2c(c1)/C(=C/c1n[nH]c(C(C)C)n1)C(=O)N2. The van der Waals surface area contributed by atoms with E-state index in [2.05, 4.69) is 20.5 Å². The summed E-state index contributed by atoms with van der Waals surface area (Å²) in [6, 6.07) is 5.57. The van der Waals surface area contributed by atoms with Crippen molar-refractivity contribution in [3.8, 4) is 5.75 Å². The van der Waals surface area contributed by atoms with E-state index in [9.17, 15) is 4.79 Å². The molecular formula is C17H20N4O2. The van der Waals surface area contributed by atoms with Crippen LogP contribution < -0.4 is 10.1 Å². The lowest BCUT2D eigenvalue weighted by molar-refractivity contribution is -0.110. The van der Waals surface area contributed by atoms with Gasteiger partial charge in [0.1, 0.15) is 11.6 Å². The number of H-pyrrole nitrogens is 1. The Labute approximate surface area is 135 Å². The molecule has 1 aliphatic rings. The highest BCUT2D eigenvalue weighted by molar-refractivity contribution is 6.34. The van der Waals surface area contributed by atoms with Crippen LogP contribution in [-0.4, -0.2) is 27.2 Å². The molecule has 0 fully saturated rings. The first-order valence-corrected chi connectivity index (χ1v) is 7.70. The normalized spacial score (nSPS) is 15.4. The van der Waals surface area contributed by atoms with E-state index in [1.54, 1.807) is 6.08 Å². The molecule has 120 valence electrons. The summed E-state index contributed by atoms with van der Waals surface area (Å²) < 4.78 is 5.71. The van der Waals surface area contributed by atoms with E-state index in [0.717, 1.165) is 22.8 Å². The van der Waals surface area contributed by atoms with Crippen molar-refractivity contribution in [1.29, 1.82) is 0 Å². The third-order valence-electron chi connectivity index (χ3n) is 3.49. The van der Waals surface area contributed by atoms with Gasteiger partial charge in [0.25, 0.3) is 5.91 Å². The Kier molecular flexibility index (Phi) is 3.90. The summed E-state index contributed by atoms with van der Waals surface area (Å²) in [6.45, 7) is 8.00. The Balaban J connectivity index is 1.97. The Hall–Kier alpha value is -2.63. The van der Waals surface area contributed by atoms with Crippen molar-refractivity contribution in [2.24, 2.45) is 0 Å². The van der Waals surface area contributed by atoms with Crippen LogP contribution >= 0.6 is 0 Å². The average Bonchev–Trinajstić information content (AvgIpc) is 3.05. The lowest BCUT2D eigenvalue weighted by Crippen LogP contribution is -2.05. The minimum absolute atomic E-state index is 0.0761. The van der Waals surface area contributed by atoms with Crippen LogP contribution in [0.25, 0.3) is 11.6 Å². The molecule has 0 unspecified atom stereocenters. The van der Waals surface area contributed by atoms with Gasteiger partial charge in [0, 0.05) is 17.2 Å². The zero-order chi connectivity index (χ0) is 16.6. The number of amides is 1. The fourth-order valence-corrected chi connectivity index (χ4v) is 2.40. The van der Waals surface area contributed by atoms with E-state index >= 15 is 0 Å². The molecule has 0 saturated heterocycles. The van der Waals surface area contributed by atoms with Crippen molar-refractivity contribution in [3.63, 3.8) is 0 Å². The Morgan fingerprint density at radius 3 is 2.65 bits per heavy atom. The number of aromatic amines is 1. The number of carbonyl (C=O) groups excluding carboxylic acids is 1. The maximum atomic E-state index is 12.2. The first kappa shape index (κ1) is 15.3. The largest absolute Gasteiger partial charge is 0.491 e. The van der Waals surface area contributed by atoms with Crippen molar-refractivity contribution in [3.05, 3.63) is 35.4 Å². The van der Waals surface area contributed by atoms with Crippen molar-refractivity contribution >= 4 is 23.2 Å². The molecule has 0 atom stereocenters. The van der Waals surface area contributed by atoms with Crippen molar-refractivity contribution < 1.29 is 9.53 Å². The summed E-state index contributed by atoms with van der Waals surface area (Å²) in [6.07, 6.45) is 1.77. The molecule has 23 heavy (non-hydrogen) atoms. The summed E-state index contributed by atoms with van der Waals surface area (Å²) in [4.78, 5) is 16.6. The van der Waals surface area contributed by atoms with Crippen molar-refractivity contribution in [2.75, 3.05) is 5.32 Å². The van der Waals surface area contributed by atoms with Crippen LogP contribution in [0.5, 0.6) is 5.75 Å². The van der Waals surface area contributed by atoms with Crippen LogP contribution in [0.3, 0.4) is 0 Å². The molecule has 0 radical (unpaired) electrons. The van der Waals surface area contributed by atoms with Gasteiger partial charge in [0.15, 0.2) is 5.82 Å². The van der Waals surface area contributed by atoms with Gasteiger partial charge < -0.3 is 10.1 Å². The fraction of sp³-hybridized carbons (Fsp3) is 0.353. The summed E-state index contributed by atoms with van der Waals surface area (Å²) in [5, 5.41) is 9.90. The highest BCUT2D eigenvalue weighted by atomic mass is 16.5. The zero-order valence-electron chi connectivity index (χ0n) is 13.7. The van der Waals surface area contributed by atoms with E-state index in [0.29, 0.717) is 11.4 Å². The van der Waals surface area contributed by atoms with Crippen molar-refractivity contribution in [2.45, 2.75) is 39.7 Å². The summed E-state index contributed by atoms with van der Waals surface area (Å²) >= 11 is 0. The van der Waals surface area contributed by atoms with Gasteiger partial charge in [-0.15, -0.1) is 0 Å². The quantitative estimate of drug-likeness (QED) is 0.850. The first-order chi connectivity index (χ1) is 10.9. The fourth-order valence-electron chi connectivity index (χ4n) is 2.40. The Morgan fingerprint density at radius 1 is 1.22 bits per heavy atom. The van der Waals surface area contributed by atoms with Gasteiger partial charge in [-0.25, -0.2) is 4.98 Å². The number of nitrogens with one attached hydrogen (secondary N) is 2. The monoisotopic (exact) mass is 312 g/mol. The van der Waals surface area contributed by atoms with Crippen LogP contribution in [0.15, 0.2) is 18.2 Å². The molecule has 0 aliphatic carbocycles. The van der Waals surface area contributed by atoms with Gasteiger partial charge in [0.2, 0.25) is 0 Å². The first-order valence-electron chi connectivity index (χ1n) is 7.70. The molecule has 2 aromatic rings.